The van der Waals surface area contributed by atoms with Gasteiger partial charge in [-0.25, -0.2) is 4.39 Å². The van der Waals surface area contributed by atoms with Crippen molar-refractivity contribution in [1.82, 2.24) is 15.1 Å². The number of halogens is 1. The average Bonchev–Trinajstić information content (AvgIpc) is 2.83. The van der Waals surface area contributed by atoms with E-state index in [9.17, 15) is 14.0 Å². The Bertz CT molecular complexity index is 807. The minimum atomic E-state index is -0.382. The number of benzene rings is 1. The summed E-state index contributed by atoms with van der Waals surface area (Å²) in [5.74, 6) is -0.472. The molecular formula is C18H20FN3O2. The molecule has 0 bridgehead atoms. The molecule has 1 aliphatic rings. The summed E-state index contributed by atoms with van der Waals surface area (Å²) in [6.07, 6.45) is 2.77. The van der Waals surface area contributed by atoms with Crippen molar-refractivity contribution in [1.29, 1.82) is 0 Å². The minimum absolute atomic E-state index is 0.0117. The van der Waals surface area contributed by atoms with Gasteiger partial charge >= 0.3 is 0 Å². The molecule has 126 valence electrons. The number of nitrogens with zero attached hydrogens (tertiary/aromatic N) is 2. The van der Waals surface area contributed by atoms with Gasteiger partial charge in [-0.1, -0.05) is 6.07 Å². The number of rotatable bonds is 4. The topological polar surface area (TPSA) is 64.0 Å². The van der Waals surface area contributed by atoms with Gasteiger partial charge in [-0.2, -0.15) is 5.10 Å². The first-order chi connectivity index (χ1) is 11.4. The van der Waals surface area contributed by atoms with E-state index in [-0.39, 0.29) is 29.5 Å². The van der Waals surface area contributed by atoms with Crippen LogP contribution in [0.4, 0.5) is 4.39 Å². The van der Waals surface area contributed by atoms with Crippen LogP contribution in [0.1, 0.15) is 35.7 Å². The molecule has 0 radical (unpaired) electrons. The Labute approximate surface area is 139 Å². The third kappa shape index (κ3) is 2.96. The van der Waals surface area contributed by atoms with Crippen molar-refractivity contribution in [3.63, 3.8) is 0 Å². The number of hydrogen-bond donors (Lipinski definition) is 1. The van der Waals surface area contributed by atoms with E-state index in [0.717, 1.165) is 5.56 Å². The first-order valence-corrected chi connectivity index (χ1v) is 7.96. The minimum Gasteiger partial charge on any atom is -0.349 e. The fraction of sp³-hybridized carbons (Fsp3) is 0.389. The van der Waals surface area contributed by atoms with E-state index in [1.807, 2.05) is 6.92 Å². The van der Waals surface area contributed by atoms with Gasteiger partial charge < -0.3 is 5.32 Å². The normalized spacial score (nSPS) is 19.7. The highest BCUT2D eigenvalue weighted by Gasteiger charge is 2.34. The molecule has 0 aliphatic heterocycles. The van der Waals surface area contributed by atoms with Crippen LogP contribution in [0.3, 0.4) is 0 Å². The molecule has 6 heteroatoms. The summed E-state index contributed by atoms with van der Waals surface area (Å²) in [6, 6.07) is 4.89. The molecule has 5 nitrogen and oxygen atoms in total. The number of carbonyl (C=O) groups excluding carboxylic acids is 2. The number of Topliss-reactive ketones (excluding diaryl/α,β-unsaturated/α-hetero) is 1. The van der Waals surface area contributed by atoms with Crippen molar-refractivity contribution < 1.29 is 14.0 Å². The van der Waals surface area contributed by atoms with Crippen LogP contribution >= 0.6 is 0 Å². The van der Waals surface area contributed by atoms with Gasteiger partial charge in [0.05, 0.1) is 17.5 Å². The molecule has 1 amide bonds. The van der Waals surface area contributed by atoms with Gasteiger partial charge in [-0.3, -0.25) is 14.3 Å². The standard InChI is InChI=1S/C18H20FN3O2/c1-10-4-5-14(16(19)6-10)17-15(9-20-22(17)3)18(24)21-13-7-12(8-13)11(2)23/h4-6,9,12-13H,7-8H2,1-3H3,(H,21,24). The van der Waals surface area contributed by atoms with Crippen molar-refractivity contribution in [2.45, 2.75) is 32.7 Å². The summed E-state index contributed by atoms with van der Waals surface area (Å²) in [6.45, 7) is 3.38. The molecule has 3 rings (SSSR count). The smallest absolute Gasteiger partial charge is 0.255 e. The molecule has 0 unspecified atom stereocenters. The summed E-state index contributed by atoms with van der Waals surface area (Å²) in [5.41, 5.74) is 1.95. The SMILES string of the molecule is CC(=O)C1CC(NC(=O)c2cnn(C)c2-c2ccc(C)cc2F)C1. The van der Waals surface area contributed by atoms with Crippen LogP contribution in [0, 0.1) is 18.7 Å². The van der Waals surface area contributed by atoms with Crippen molar-refractivity contribution in [3.8, 4) is 11.3 Å². The molecule has 1 N–H and O–H groups in total. The number of hydrogen-bond acceptors (Lipinski definition) is 3. The molecule has 2 aromatic rings. The maximum absolute atomic E-state index is 14.3. The Balaban J connectivity index is 1.82. The lowest BCUT2D eigenvalue weighted by Gasteiger charge is -2.34. The fourth-order valence-electron chi connectivity index (χ4n) is 3.07. The Hall–Kier alpha value is -2.50. The van der Waals surface area contributed by atoms with Crippen molar-refractivity contribution >= 4 is 11.7 Å². The quantitative estimate of drug-likeness (QED) is 0.938. The van der Waals surface area contributed by atoms with E-state index in [2.05, 4.69) is 10.4 Å². The summed E-state index contributed by atoms with van der Waals surface area (Å²) < 4.78 is 15.8. The Kier molecular flexibility index (Phi) is 4.22. The molecule has 0 atom stereocenters. The van der Waals surface area contributed by atoms with Gasteiger partial charge in [0.25, 0.3) is 5.91 Å². The number of amides is 1. The number of nitrogens with one attached hydrogen (secondary N) is 1. The van der Waals surface area contributed by atoms with Crippen LogP contribution in [0.15, 0.2) is 24.4 Å². The lowest BCUT2D eigenvalue weighted by molar-refractivity contribution is -0.123. The van der Waals surface area contributed by atoms with E-state index in [4.69, 9.17) is 0 Å². The van der Waals surface area contributed by atoms with Crippen molar-refractivity contribution in [3.05, 3.63) is 41.3 Å². The fourth-order valence-corrected chi connectivity index (χ4v) is 3.07. The molecule has 1 aromatic carbocycles. The molecule has 1 saturated carbocycles. The molecule has 1 aliphatic carbocycles. The number of aromatic nitrogens is 2. The zero-order valence-electron chi connectivity index (χ0n) is 14.0. The summed E-state index contributed by atoms with van der Waals surface area (Å²) in [4.78, 5) is 23.8. The van der Waals surface area contributed by atoms with E-state index in [0.29, 0.717) is 29.7 Å². The van der Waals surface area contributed by atoms with Gasteiger partial charge in [0.2, 0.25) is 0 Å². The van der Waals surface area contributed by atoms with Crippen LogP contribution in [0.2, 0.25) is 0 Å². The summed E-state index contributed by atoms with van der Waals surface area (Å²) in [7, 11) is 1.68. The van der Waals surface area contributed by atoms with Crippen molar-refractivity contribution in [2.75, 3.05) is 0 Å². The van der Waals surface area contributed by atoms with Crippen LogP contribution in [-0.4, -0.2) is 27.5 Å². The monoisotopic (exact) mass is 329 g/mol. The van der Waals surface area contributed by atoms with Crippen LogP contribution < -0.4 is 5.32 Å². The van der Waals surface area contributed by atoms with E-state index >= 15 is 0 Å². The van der Waals surface area contributed by atoms with Gasteiger partial charge in [-0.15, -0.1) is 0 Å². The number of ketones is 1. The molecule has 0 spiro atoms. The largest absolute Gasteiger partial charge is 0.349 e. The predicted molar refractivity (Wildman–Crippen MR) is 88.0 cm³/mol. The Morgan fingerprint density at radius 2 is 2.04 bits per heavy atom. The predicted octanol–water partition coefficient (Wildman–Crippen LogP) is 2.63. The molecule has 24 heavy (non-hydrogen) atoms. The zero-order chi connectivity index (χ0) is 17.4. The first kappa shape index (κ1) is 16.4. The van der Waals surface area contributed by atoms with Crippen LogP contribution in [0.5, 0.6) is 0 Å². The lowest BCUT2D eigenvalue weighted by atomic mass is 9.78. The molecular weight excluding hydrogens is 309 g/mol. The van der Waals surface area contributed by atoms with Gasteiger partial charge in [0.15, 0.2) is 0 Å². The third-order valence-corrected chi connectivity index (χ3v) is 4.61. The average molecular weight is 329 g/mol. The highest BCUT2D eigenvalue weighted by molar-refractivity contribution is 6.00. The van der Waals surface area contributed by atoms with Gasteiger partial charge in [0, 0.05) is 24.6 Å². The van der Waals surface area contributed by atoms with E-state index < -0.39 is 0 Å². The summed E-state index contributed by atoms with van der Waals surface area (Å²) in [5, 5.41) is 7.01. The molecule has 1 heterocycles. The lowest BCUT2D eigenvalue weighted by Crippen LogP contribution is -2.46. The summed E-state index contributed by atoms with van der Waals surface area (Å²) >= 11 is 0. The van der Waals surface area contributed by atoms with E-state index in [1.54, 1.807) is 26.1 Å². The second-order valence-corrected chi connectivity index (χ2v) is 6.46. The highest BCUT2D eigenvalue weighted by Crippen LogP contribution is 2.30. The molecule has 1 fully saturated rings. The zero-order valence-corrected chi connectivity index (χ0v) is 14.0. The Morgan fingerprint density at radius 1 is 1.33 bits per heavy atom. The van der Waals surface area contributed by atoms with E-state index in [1.165, 1.54) is 16.9 Å². The third-order valence-electron chi connectivity index (χ3n) is 4.61. The number of carbonyl (C=O) groups is 2. The van der Waals surface area contributed by atoms with Crippen LogP contribution in [0.25, 0.3) is 11.3 Å². The van der Waals surface area contributed by atoms with Gasteiger partial charge in [-0.05, 0) is 44.4 Å². The highest BCUT2D eigenvalue weighted by atomic mass is 19.1. The second kappa shape index (κ2) is 6.19. The van der Waals surface area contributed by atoms with Crippen LogP contribution in [-0.2, 0) is 11.8 Å². The van der Waals surface area contributed by atoms with Crippen molar-refractivity contribution in [2.24, 2.45) is 13.0 Å². The second-order valence-electron chi connectivity index (χ2n) is 6.46. The maximum Gasteiger partial charge on any atom is 0.255 e. The molecule has 0 saturated heterocycles. The number of aryl methyl sites for hydroxylation is 2. The first-order valence-electron chi connectivity index (χ1n) is 7.96. The maximum atomic E-state index is 14.3. The Morgan fingerprint density at radius 3 is 2.67 bits per heavy atom. The van der Waals surface area contributed by atoms with Gasteiger partial charge in [0.1, 0.15) is 11.6 Å². The molecule has 1 aromatic heterocycles.